The van der Waals surface area contributed by atoms with Crippen molar-refractivity contribution in [2.45, 2.75) is 45.8 Å². The first-order valence-corrected chi connectivity index (χ1v) is 11.0. The molecular weight excluding hydrogens is 394 g/mol. The van der Waals surface area contributed by atoms with E-state index in [0.717, 1.165) is 29.5 Å². The Bertz CT molecular complexity index is 979. The van der Waals surface area contributed by atoms with E-state index >= 15 is 0 Å². The Hall–Kier alpha value is -2.92. The smallest absolute Gasteiger partial charge is 0.349 e. The van der Waals surface area contributed by atoms with E-state index in [-0.39, 0.29) is 11.9 Å². The fraction of sp³-hybridized carbons (Fsp3) is 0.280. The van der Waals surface area contributed by atoms with Gasteiger partial charge in [0.1, 0.15) is 4.88 Å². The lowest BCUT2D eigenvalue weighted by molar-refractivity contribution is -0.129. The molecule has 0 spiro atoms. The van der Waals surface area contributed by atoms with E-state index in [0.29, 0.717) is 4.88 Å². The van der Waals surface area contributed by atoms with Crippen molar-refractivity contribution in [3.8, 4) is 11.1 Å². The minimum atomic E-state index is -0.857. The van der Waals surface area contributed by atoms with Gasteiger partial charge in [0.25, 0.3) is 5.91 Å². The first kappa shape index (κ1) is 21.8. The lowest BCUT2D eigenvalue weighted by atomic mass is 10.1. The van der Waals surface area contributed by atoms with E-state index in [1.807, 2.05) is 67.8 Å². The third kappa shape index (κ3) is 5.80. The highest BCUT2D eigenvalue weighted by atomic mass is 32.1. The van der Waals surface area contributed by atoms with Gasteiger partial charge in [-0.1, -0.05) is 60.2 Å². The number of amides is 1. The van der Waals surface area contributed by atoms with Gasteiger partial charge in [0, 0.05) is 11.6 Å². The van der Waals surface area contributed by atoms with Crippen molar-refractivity contribution in [1.29, 1.82) is 0 Å². The molecule has 0 aliphatic heterocycles. The minimum Gasteiger partial charge on any atom is -0.448 e. The topological polar surface area (TPSA) is 55.4 Å². The molecule has 0 fully saturated rings. The molecule has 4 nitrogen and oxygen atoms in total. The van der Waals surface area contributed by atoms with Crippen molar-refractivity contribution in [2.75, 3.05) is 0 Å². The van der Waals surface area contributed by atoms with Crippen LogP contribution in [0.1, 0.15) is 41.1 Å². The molecule has 5 heteroatoms. The molecule has 2 aromatic carbocycles. The van der Waals surface area contributed by atoms with Crippen molar-refractivity contribution >= 4 is 23.2 Å². The second-order valence-corrected chi connectivity index (χ2v) is 8.43. The maximum absolute atomic E-state index is 12.7. The Morgan fingerprint density at radius 2 is 1.70 bits per heavy atom. The molecule has 30 heavy (non-hydrogen) atoms. The molecule has 0 radical (unpaired) electrons. The number of hydrogen-bond donors (Lipinski definition) is 1. The van der Waals surface area contributed by atoms with Gasteiger partial charge in [0.05, 0.1) is 0 Å². The Kier molecular flexibility index (Phi) is 7.41. The number of benzene rings is 2. The highest BCUT2D eigenvalue weighted by Gasteiger charge is 2.23. The van der Waals surface area contributed by atoms with Crippen LogP contribution in [0.3, 0.4) is 0 Å². The summed E-state index contributed by atoms with van der Waals surface area (Å²) in [6.07, 6.45) is 0.842. The molecule has 0 aliphatic rings. The molecule has 1 N–H and O–H groups in total. The van der Waals surface area contributed by atoms with Crippen LogP contribution in [0.4, 0.5) is 0 Å². The fourth-order valence-corrected chi connectivity index (χ4v) is 3.95. The molecule has 1 amide bonds. The van der Waals surface area contributed by atoms with E-state index in [2.05, 4.69) is 17.4 Å². The number of carbonyl (C=O) groups excluding carboxylic acids is 2. The van der Waals surface area contributed by atoms with Crippen LogP contribution in [0.2, 0.25) is 0 Å². The van der Waals surface area contributed by atoms with Gasteiger partial charge in [-0.05, 0) is 56.2 Å². The lowest BCUT2D eigenvalue weighted by Gasteiger charge is -2.18. The van der Waals surface area contributed by atoms with Crippen LogP contribution in [-0.2, 0) is 16.0 Å². The SMILES string of the molecule is Cc1ccc(-c2ccsc2C(=O)O[C@H](C)C(=O)N[C@@H](C)CCc2ccccc2)cc1. The number of hydrogen-bond acceptors (Lipinski definition) is 4. The van der Waals surface area contributed by atoms with Gasteiger partial charge in [0.15, 0.2) is 6.10 Å². The monoisotopic (exact) mass is 421 g/mol. The van der Waals surface area contributed by atoms with E-state index in [9.17, 15) is 9.59 Å². The highest BCUT2D eigenvalue weighted by molar-refractivity contribution is 7.12. The average molecular weight is 422 g/mol. The number of esters is 1. The Morgan fingerprint density at radius 3 is 2.40 bits per heavy atom. The van der Waals surface area contributed by atoms with Gasteiger partial charge in [-0.2, -0.15) is 0 Å². The van der Waals surface area contributed by atoms with Crippen LogP contribution in [0.15, 0.2) is 66.0 Å². The second-order valence-electron chi connectivity index (χ2n) is 7.51. The predicted molar refractivity (Wildman–Crippen MR) is 122 cm³/mol. The summed E-state index contributed by atoms with van der Waals surface area (Å²) in [5, 5.41) is 4.80. The summed E-state index contributed by atoms with van der Waals surface area (Å²) in [6, 6.07) is 20.0. The number of nitrogens with one attached hydrogen (secondary N) is 1. The molecule has 0 aliphatic carbocycles. The third-order valence-electron chi connectivity index (χ3n) is 4.96. The van der Waals surface area contributed by atoms with E-state index in [1.54, 1.807) is 6.92 Å². The summed E-state index contributed by atoms with van der Waals surface area (Å²) in [4.78, 5) is 25.7. The second kappa shape index (κ2) is 10.2. The summed E-state index contributed by atoms with van der Waals surface area (Å²) < 4.78 is 5.47. The molecule has 1 heterocycles. The highest BCUT2D eigenvalue weighted by Crippen LogP contribution is 2.29. The molecule has 156 valence electrons. The fourth-order valence-electron chi connectivity index (χ4n) is 3.16. The van der Waals surface area contributed by atoms with Crippen molar-refractivity contribution < 1.29 is 14.3 Å². The van der Waals surface area contributed by atoms with E-state index < -0.39 is 12.1 Å². The summed E-state index contributed by atoms with van der Waals surface area (Å²) >= 11 is 1.32. The zero-order valence-electron chi connectivity index (χ0n) is 17.6. The zero-order valence-corrected chi connectivity index (χ0v) is 18.4. The first-order chi connectivity index (χ1) is 14.4. The number of carbonyl (C=O) groups is 2. The predicted octanol–water partition coefficient (Wildman–Crippen LogP) is 5.41. The van der Waals surface area contributed by atoms with Crippen molar-refractivity contribution in [3.63, 3.8) is 0 Å². The Balaban J connectivity index is 1.54. The zero-order chi connectivity index (χ0) is 21.5. The van der Waals surface area contributed by atoms with E-state index in [4.69, 9.17) is 4.74 Å². The summed E-state index contributed by atoms with van der Waals surface area (Å²) in [6.45, 7) is 5.59. The number of aryl methyl sites for hydroxylation is 2. The van der Waals surface area contributed by atoms with Crippen LogP contribution in [0, 0.1) is 6.92 Å². The minimum absolute atomic E-state index is 0.0104. The van der Waals surface area contributed by atoms with Gasteiger partial charge < -0.3 is 10.1 Å². The van der Waals surface area contributed by atoms with Crippen LogP contribution < -0.4 is 5.32 Å². The van der Waals surface area contributed by atoms with Crippen LogP contribution >= 0.6 is 11.3 Å². The van der Waals surface area contributed by atoms with Gasteiger partial charge in [-0.25, -0.2) is 4.79 Å². The molecule has 1 aromatic heterocycles. The molecule has 2 atom stereocenters. The molecule has 3 aromatic rings. The van der Waals surface area contributed by atoms with Crippen LogP contribution in [-0.4, -0.2) is 24.0 Å². The maximum Gasteiger partial charge on any atom is 0.349 e. The molecule has 3 rings (SSSR count). The first-order valence-electron chi connectivity index (χ1n) is 10.1. The summed E-state index contributed by atoms with van der Waals surface area (Å²) in [5.74, 6) is -0.752. The van der Waals surface area contributed by atoms with Gasteiger partial charge in [0.2, 0.25) is 0 Å². The molecule has 0 bridgehead atoms. The van der Waals surface area contributed by atoms with Gasteiger partial charge >= 0.3 is 5.97 Å². The van der Waals surface area contributed by atoms with Crippen LogP contribution in [0.25, 0.3) is 11.1 Å². The standard InChI is InChI=1S/C25H27NO3S/c1-17-9-13-21(14-10-17)22-15-16-30-23(22)25(28)29-19(3)24(27)26-18(2)11-12-20-7-5-4-6-8-20/h4-10,13-16,18-19H,11-12H2,1-3H3,(H,26,27)/t18-,19+/m0/s1. The van der Waals surface area contributed by atoms with Gasteiger partial charge in [-0.15, -0.1) is 11.3 Å². The normalized spacial score (nSPS) is 12.8. The van der Waals surface area contributed by atoms with Crippen LogP contribution in [0.5, 0.6) is 0 Å². The third-order valence-corrected chi connectivity index (χ3v) is 5.86. The van der Waals surface area contributed by atoms with Gasteiger partial charge in [-0.3, -0.25) is 4.79 Å². The Labute approximate surface area is 181 Å². The lowest BCUT2D eigenvalue weighted by Crippen LogP contribution is -2.41. The van der Waals surface area contributed by atoms with E-state index in [1.165, 1.54) is 16.9 Å². The molecule has 0 saturated carbocycles. The van der Waals surface area contributed by atoms with Crippen molar-refractivity contribution in [1.82, 2.24) is 5.32 Å². The quantitative estimate of drug-likeness (QED) is 0.495. The largest absolute Gasteiger partial charge is 0.448 e. The molecule has 0 saturated heterocycles. The summed E-state index contributed by atoms with van der Waals surface area (Å²) in [5.41, 5.74) is 4.18. The van der Waals surface area contributed by atoms with Crippen molar-refractivity contribution in [2.24, 2.45) is 0 Å². The average Bonchev–Trinajstić information content (AvgIpc) is 3.23. The number of ether oxygens (including phenoxy) is 1. The maximum atomic E-state index is 12.7. The molecule has 0 unspecified atom stereocenters. The molecular formula is C25H27NO3S. The van der Waals surface area contributed by atoms with Crippen molar-refractivity contribution in [3.05, 3.63) is 82.0 Å². The number of thiophene rings is 1. The number of rotatable bonds is 8. The Morgan fingerprint density at radius 1 is 1.00 bits per heavy atom. The summed E-state index contributed by atoms with van der Waals surface area (Å²) in [7, 11) is 0.